The molecule has 0 unspecified atom stereocenters. The number of rotatable bonds is 0. The maximum Gasteiger partial charge on any atom is 0.114 e. The van der Waals surface area contributed by atoms with Crippen molar-refractivity contribution in [2.75, 3.05) is 0 Å². The molecule has 0 atom stereocenters. The smallest absolute Gasteiger partial charge is 0.114 e. The van der Waals surface area contributed by atoms with E-state index in [1.807, 2.05) is 19.9 Å². The highest BCUT2D eigenvalue weighted by Crippen LogP contribution is 2.19. The first-order valence-corrected chi connectivity index (χ1v) is 3.18. The first-order chi connectivity index (χ1) is 4.74. The van der Waals surface area contributed by atoms with E-state index in [-0.39, 0.29) is 0 Å². The first kappa shape index (κ1) is 6.88. The zero-order valence-electron chi connectivity index (χ0n) is 6.14. The number of hydrogen-bond acceptors (Lipinski definition) is 2. The third kappa shape index (κ3) is 1.19. The Labute approximate surface area is 60.4 Å². The third-order valence-corrected chi connectivity index (χ3v) is 1.47. The number of ether oxygens (including phenoxy) is 1. The van der Waals surface area contributed by atoms with Crippen LogP contribution in [0.2, 0.25) is 0 Å². The van der Waals surface area contributed by atoms with Crippen molar-refractivity contribution in [3.63, 3.8) is 0 Å². The van der Waals surface area contributed by atoms with Gasteiger partial charge in [-0.3, -0.25) is 0 Å². The number of nitriles is 1. The van der Waals surface area contributed by atoms with Crippen molar-refractivity contribution in [2.45, 2.75) is 20.3 Å². The molecule has 0 saturated heterocycles. The van der Waals surface area contributed by atoms with Crippen molar-refractivity contribution in [1.82, 2.24) is 0 Å². The van der Waals surface area contributed by atoms with Crippen LogP contribution in [0, 0.1) is 11.3 Å². The molecule has 0 fully saturated rings. The zero-order chi connectivity index (χ0) is 7.56. The molecule has 0 saturated carbocycles. The molecular formula is C8H9NO. The van der Waals surface area contributed by atoms with Crippen LogP contribution >= 0.6 is 0 Å². The highest BCUT2D eigenvalue weighted by molar-refractivity contribution is 5.29. The van der Waals surface area contributed by atoms with Gasteiger partial charge in [-0.05, 0) is 19.9 Å². The van der Waals surface area contributed by atoms with E-state index in [0.717, 1.165) is 17.1 Å². The van der Waals surface area contributed by atoms with E-state index in [1.54, 1.807) is 0 Å². The van der Waals surface area contributed by atoms with Gasteiger partial charge in [0, 0.05) is 6.42 Å². The normalized spacial score (nSPS) is 17.5. The first-order valence-electron chi connectivity index (χ1n) is 3.18. The fourth-order valence-corrected chi connectivity index (χ4v) is 0.859. The number of hydrogen-bond donors (Lipinski definition) is 0. The second-order valence-electron chi connectivity index (χ2n) is 2.27. The lowest BCUT2D eigenvalue weighted by Gasteiger charge is -2.12. The molecule has 0 spiro atoms. The predicted molar refractivity (Wildman–Crippen MR) is 37.8 cm³/mol. The summed E-state index contributed by atoms with van der Waals surface area (Å²) in [6.45, 7) is 3.70. The lowest BCUT2D eigenvalue weighted by molar-refractivity contribution is 0.296. The fraction of sp³-hybridized carbons (Fsp3) is 0.375. The molecule has 0 aromatic carbocycles. The van der Waals surface area contributed by atoms with Crippen LogP contribution in [-0.2, 0) is 4.74 Å². The van der Waals surface area contributed by atoms with E-state index in [2.05, 4.69) is 6.07 Å². The van der Waals surface area contributed by atoms with Crippen molar-refractivity contribution in [2.24, 2.45) is 0 Å². The summed E-state index contributed by atoms with van der Waals surface area (Å²) in [5, 5.41) is 8.53. The average Bonchev–Trinajstić information content (AvgIpc) is 1.88. The van der Waals surface area contributed by atoms with Crippen LogP contribution in [0.3, 0.4) is 0 Å². The van der Waals surface area contributed by atoms with E-state index in [9.17, 15) is 0 Å². The van der Waals surface area contributed by atoms with Crippen LogP contribution in [0.25, 0.3) is 0 Å². The molecule has 52 valence electrons. The highest BCUT2D eigenvalue weighted by atomic mass is 16.5. The van der Waals surface area contributed by atoms with Gasteiger partial charge in [-0.1, -0.05) is 0 Å². The average molecular weight is 135 g/mol. The van der Waals surface area contributed by atoms with Gasteiger partial charge in [-0.2, -0.15) is 5.26 Å². The number of allylic oxidation sites excluding steroid dienone is 4. The summed E-state index contributed by atoms with van der Waals surface area (Å²) < 4.78 is 5.21. The second-order valence-corrected chi connectivity index (χ2v) is 2.27. The van der Waals surface area contributed by atoms with E-state index in [1.165, 1.54) is 0 Å². The maximum absolute atomic E-state index is 8.53. The summed E-state index contributed by atoms with van der Waals surface area (Å²) in [7, 11) is 0. The minimum absolute atomic E-state index is 0.716. The molecule has 0 amide bonds. The van der Waals surface area contributed by atoms with Gasteiger partial charge < -0.3 is 4.74 Å². The SMILES string of the molecule is CC1=CCC(C#N)=C(C)O1. The lowest BCUT2D eigenvalue weighted by Crippen LogP contribution is -1.96. The topological polar surface area (TPSA) is 33.0 Å². The zero-order valence-corrected chi connectivity index (χ0v) is 6.14. The number of nitrogens with zero attached hydrogens (tertiary/aromatic N) is 1. The summed E-state index contributed by atoms with van der Waals surface area (Å²) in [5.41, 5.74) is 0.727. The van der Waals surface area contributed by atoms with Gasteiger partial charge in [0.2, 0.25) is 0 Å². The molecule has 0 radical (unpaired) electrons. The Balaban J connectivity index is 2.80. The molecule has 0 aromatic heterocycles. The molecule has 2 nitrogen and oxygen atoms in total. The molecule has 1 rings (SSSR count). The fourth-order valence-electron chi connectivity index (χ4n) is 0.859. The standard InChI is InChI=1S/C8H9NO/c1-6-3-4-8(5-9)7(2)10-6/h3H,4H2,1-2H3. The highest BCUT2D eigenvalue weighted by Gasteiger charge is 2.07. The molecule has 0 aromatic rings. The van der Waals surface area contributed by atoms with Crippen molar-refractivity contribution in [1.29, 1.82) is 5.26 Å². The molecule has 1 aliphatic heterocycles. The van der Waals surface area contributed by atoms with E-state index < -0.39 is 0 Å². The van der Waals surface area contributed by atoms with Crippen LogP contribution in [0.15, 0.2) is 23.2 Å². The van der Waals surface area contributed by atoms with Gasteiger partial charge in [0.1, 0.15) is 5.76 Å². The summed E-state index contributed by atoms with van der Waals surface area (Å²) in [5.74, 6) is 1.62. The lowest BCUT2D eigenvalue weighted by atomic mass is 10.1. The minimum Gasteiger partial charge on any atom is -0.466 e. The molecule has 0 N–H and O–H groups in total. The quantitative estimate of drug-likeness (QED) is 0.509. The van der Waals surface area contributed by atoms with E-state index >= 15 is 0 Å². The van der Waals surface area contributed by atoms with Gasteiger partial charge in [0.15, 0.2) is 0 Å². The summed E-state index contributed by atoms with van der Waals surface area (Å²) >= 11 is 0. The Kier molecular flexibility index (Phi) is 1.77. The van der Waals surface area contributed by atoms with Crippen LogP contribution in [0.1, 0.15) is 20.3 Å². The van der Waals surface area contributed by atoms with Crippen LogP contribution in [0.4, 0.5) is 0 Å². The second kappa shape index (κ2) is 2.57. The molecular weight excluding hydrogens is 126 g/mol. The molecule has 10 heavy (non-hydrogen) atoms. The van der Waals surface area contributed by atoms with Gasteiger partial charge in [-0.25, -0.2) is 0 Å². The van der Waals surface area contributed by atoms with Crippen LogP contribution in [0.5, 0.6) is 0 Å². The Hall–Kier alpha value is -1.23. The third-order valence-electron chi connectivity index (χ3n) is 1.47. The molecule has 0 aliphatic carbocycles. The Morgan fingerprint density at radius 3 is 2.80 bits per heavy atom. The van der Waals surface area contributed by atoms with Gasteiger partial charge in [0.05, 0.1) is 17.4 Å². The molecule has 1 heterocycles. The van der Waals surface area contributed by atoms with Crippen molar-refractivity contribution in [3.05, 3.63) is 23.2 Å². The van der Waals surface area contributed by atoms with Gasteiger partial charge >= 0.3 is 0 Å². The van der Waals surface area contributed by atoms with E-state index in [0.29, 0.717) is 6.42 Å². The van der Waals surface area contributed by atoms with Crippen LogP contribution in [-0.4, -0.2) is 0 Å². The van der Waals surface area contributed by atoms with Crippen LogP contribution < -0.4 is 0 Å². The summed E-state index contributed by atoms with van der Waals surface area (Å²) in [6, 6.07) is 2.08. The Morgan fingerprint density at radius 2 is 2.30 bits per heavy atom. The van der Waals surface area contributed by atoms with E-state index in [4.69, 9.17) is 10.00 Å². The summed E-state index contributed by atoms with van der Waals surface area (Å²) in [6.07, 6.45) is 2.62. The van der Waals surface area contributed by atoms with Crippen molar-refractivity contribution in [3.8, 4) is 6.07 Å². The van der Waals surface area contributed by atoms with Gasteiger partial charge in [-0.15, -0.1) is 0 Å². The summed E-state index contributed by atoms with van der Waals surface area (Å²) in [4.78, 5) is 0. The largest absolute Gasteiger partial charge is 0.466 e. The maximum atomic E-state index is 8.53. The predicted octanol–water partition coefficient (Wildman–Crippen LogP) is 2.11. The monoisotopic (exact) mass is 135 g/mol. The molecule has 2 heteroatoms. The molecule has 1 aliphatic rings. The Bertz CT molecular complexity index is 242. The van der Waals surface area contributed by atoms with Crippen molar-refractivity contribution >= 4 is 0 Å². The minimum atomic E-state index is 0.716. The Morgan fingerprint density at radius 1 is 1.60 bits per heavy atom. The van der Waals surface area contributed by atoms with Crippen molar-refractivity contribution < 1.29 is 4.74 Å². The molecule has 0 bridgehead atoms. The van der Waals surface area contributed by atoms with Gasteiger partial charge in [0.25, 0.3) is 0 Å².